The number of hydrogen-bond donors (Lipinski definition) is 2. The summed E-state index contributed by atoms with van der Waals surface area (Å²) in [6.07, 6.45) is 1.37. The summed E-state index contributed by atoms with van der Waals surface area (Å²) in [7, 11) is 0. The van der Waals surface area contributed by atoms with Crippen LogP contribution in [-0.4, -0.2) is 41.0 Å². The smallest absolute Gasteiger partial charge is 0.320 e. The molecule has 1 heterocycles. The van der Waals surface area contributed by atoms with Crippen LogP contribution in [0.2, 0.25) is 5.02 Å². The lowest BCUT2D eigenvalue weighted by Gasteiger charge is -2.20. The fraction of sp³-hybridized carbons (Fsp3) is 0.263. The Labute approximate surface area is 156 Å². The van der Waals surface area contributed by atoms with Crippen molar-refractivity contribution in [1.82, 2.24) is 4.90 Å². The molecule has 2 aromatic rings. The maximum absolute atomic E-state index is 12.2. The van der Waals surface area contributed by atoms with Gasteiger partial charge in [0.05, 0.1) is 6.54 Å². The van der Waals surface area contributed by atoms with E-state index in [-0.39, 0.29) is 12.5 Å². The molecule has 1 aliphatic rings. The monoisotopic (exact) mass is 374 g/mol. The molecular formula is C19H19ClN2O4. The summed E-state index contributed by atoms with van der Waals surface area (Å²) < 4.78 is 5.70. The number of carboxylic acid groups (broad SMARTS) is 1. The number of rotatable bonds is 6. The van der Waals surface area contributed by atoms with Crippen molar-refractivity contribution in [1.29, 1.82) is 0 Å². The van der Waals surface area contributed by atoms with E-state index >= 15 is 0 Å². The van der Waals surface area contributed by atoms with Crippen LogP contribution in [-0.2, 0) is 9.59 Å². The lowest BCUT2D eigenvalue weighted by molar-refractivity contribution is -0.142. The number of amides is 1. The van der Waals surface area contributed by atoms with Crippen molar-refractivity contribution in [2.75, 3.05) is 18.4 Å². The highest BCUT2D eigenvalue weighted by atomic mass is 35.5. The van der Waals surface area contributed by atoms with Crippen LogP contribution in [0.25, 0.3) is 0 Å². The first-order chi connectivity index (χ1) is 12.5. The Morgan fingerprint density at radius 3 is 2.65 bits per heavy atom. The predicted molar refractivity (Wildman–Crippen MR) is 98.8 cm³/mol. The lowest BCUT2D eigenvalue weighted by atomic mass is 10.2. The van der Waals surface area contributed by atoms with Gasteiger partial charge in [-0.2, -0.15) is 0 Å². The lowest BCUT2D eigenvalue weighted by Crippen LogP contribution is -2.40. The number of likely N-dealkylation sites (tertiary alicyclic amines) is 1. The van der Waals surface area contributed by atoms with Gasteiger partial charge in [-0.1, -0.05) is 17.7 Å². The molecule has 1 fully saturated rings. The van der Waals surface area contributed by atoms with Gasteiger partial charge >= 0.3 is 5.97 Å². The van der Waals surface area contributed by atoms with Crippen LogP contribution in [0.4, 0.5) is 5.69 Å². The fourth-order valence-corrected chi connectivity index (χ4v) is 3.13. The molecule has 1 saturated heterocycles. The molecule has 3 rings (SSSR count). The van der Waals surface area contributed by atoms with Crippen molar-refractivity contribution in [2.45, 2.75) is 18.9 Å². The molecule has 0 saturated carbocycles. The molecule has 1 amide bonds. The highest BCUT2D eigenvalue weighted by Crippen LogP contribution is 2.25. The van der Waals surface area contributed by atoms with Gasteiger partial charge in [0.25, 0.3) is 0 Å². The fourth-order valence-electron chi connectivity index (χ4n) is 2.95. The van der Waals surface area contributed by atoms with E-state index in [2.05, 4.69) is 5.32 Å². The van der Waals surface area contributed by atoms with Gasteiger partial charge in [0.15, 0.2) is 0 Å². The van der Waals surface area contributed by atoms with Crippen molar-refractivity contribution in [2.24, 2.45) is 0 Å². The van der Waals surface area contributed by atoms with E-state index in [1.54, 1.807) is 53.4 Å². The highest BCUT2D eigenvalue weighted by molar-refractivity contribution is 6.30. The van der Waals surface area contributed by atoms with E-state index in [1.807, 2.05) is 0 Å². The van der Waals surface area contributed by atoms with Crippen LogP contribution in [0.1, 0.15) is 12.8 Å². The first-order valence-corrected chi connectivity index (χ1v) is 8.69. The Balaban J connectivity index is 1.55. The van der Waals surface area contributed by atoms with Crippen LogP contribution in [0.3, 0.4) is 0 Å². The van der Waals surface area contributed by atoms with E-state index in [0.717, 1.165) is 6.42 Å². The quantitative estimate of drug-likeness (QED) is 0.807. The SMILES string of the molecule is O=C(CN1CCC[C@H]1C(=O)O)Nc1ccc(Oc2cccc(Cl)c2)cc1. The number of nitrogens with zero attached hydrogens (tertiary/aromatic N) is 1. The minimum Gasteiger partial charge on any atom is -0.480 e. The number of anilines is 1. The van der Waals surface area contributed by atoms with Crippen molar-refractivity contribution in [3.05, 3.63) is 53.6 Å². The summed E-state index contributed by atoms with van der Waals surface area (Å²) in [5.41, 5.74) is 0.625. The minimum absolute atomic E-state index is 0.0672. The molecule has 0 bridgehead atoms. The Hall–Kier alpha value is -2.57. The number of carbonyl (C=O) groups is 2. The maximum atomic E-state index is 12.2. The number of nitrogens with one attached hydrogen (secondary N) is 1. The summed E-state index contributed by atoms with van der Waals surface area (Å²) >= 11 is 5.92. The van der Waals surface area contributed by atoms with Crippen molar-refractivity contribution < 1.29 is 19.4 Å². The van der Waals surface area contributed by atoms with Crippen LogP contribution in [0, 0.1) is 0 Å². The van der Waals surface area contributed by atoms with E-state index in [9.17, 15) is 9.59 Å². The molecule has 26 heavy (non-hydrogen) atoms. The van der Waals surface area contributed by atoms with Crippen LogP contribution in [0.15, 0.2) is 48.5 Å². The van der Waals surface area contributed by atoms with Crippen molar-refractivity contribution in [3.8, 4) is 11.5 Å². The van der Waals surface area contributed by atoms with Crippen LogP contribution in [0.5, 0.6) is 11.5 Å². The zero-order valence-electron chi connectivity index (χ0n) is 14.0. The van der Waals surface area contributed by atoms with Gasteiger partial charge in [-0.05, 0) is 61.9 Å². The molecule has 0 radical (unpaired) electrons. The van der Waals surface area contributed by atoms with E-state index in [0.29, 0.717) is 35.2 Å². The van der Waals surface area contributed by atoms with E-state index in [1.165, 1.54) is 0 Å². The average molecular weight is 375 g/mol. The standard InChI is InChI=1S/C19H19ClN2O4/c20-13-3-1-4-16(11-13)26-15-8-6-14(7-9-15)21-18(23)12-22-10-2-5-17(22)19(24)25/h1,3-4,6-9,11,17H,2,5,10,12H2,(H,21,23)(H,24,25)/t17-/m0/s1. The van der Waals surface area contributed by atoms with Crippen LogP contribution >= 0.6 is 11.6 Å². The number of carbonyl (C=O) groups excluding carboxylic acids is 1. The van der Waals surface area contributed by atoms with Gasteiger partial charge in [0.2, 0.25) is 5.91 Å². The third kappa shape index (κ3) is 4.74. The number of halogens is 1. The second-order valence-electron chi connectivity index (χ2n) is 6.10. The van der Waals surface area contributed by atoms with Crippen LogP contribution < -0.4 is 10.1 Å². The van der Waals surface area contributed by atoms with Gasteiger partial charge in [-0.25, -0.2) is 0 Å². The molecule has 0 unspecified atom stereocenters. The predicted octanol–water partition coefficient (Wildman–Crippen LogP) is 3.62. The number of aliphatic carboxylic acids is 1. The van der Waals surface area contributed by atoms with E-state index < -0.39 is 12.0 Å². The number of ether oxygens (including phenoxy) is 1. The van der Waals surface area contributed by atoms with Gasteiger partial charge < -0.3 is 15.2 Å². The topological polar surface area (TPSA) is 78.9 Å². The Bertz CT molecular complexity index is 794. The minimum atomic E-state index is -0.877. The summed E-state index contributed by atoms with van der Waals surface area (Å²) in [5.74, 6) is 0.137. The third-order valence-corrected chi connectivity index (χ3v) is 4.40. The number of benzene rings is 2. The molecule has 136 valence electrons. The third-order valence-electron chi connectivity index (χ3n) is 4.17. The average Bonchev–Trinajstić information content (AvgIpc) is 3.05. The molecule has 1 atom stereocenters. The Morgan fingerprint density at radius 1 is 1.19 bits per heavy atom. The molecule has 6 nitrogen and oxygen atoms in total. The highest BCUT2D eigenvalue weighted by Gasteiger charge is 2.31. The van der Waals surface area contributed by atoms with Gasteiger partial charge in [0, 0.05) is 10.7 Å². The Kier molecular flexibility index (Phi) is 5.75. The summed E-state index contributed by atoms with van der Waals surface area (Å²) in [4.78, 5) is 25.0. The summed E-state index contributed by atoms with van der Waals surface area (Å²) in [5, 5.41) is 12.5. The molecular weight excluding hydrogens is 356 g/mol. The van der Waals surface area contributed by atoms with Gasteiger partial charge in [-0.15, -0.1) is 0 Å². The molecule has 2 N–H and O–H groups in total. The summed E-state index contributed by atoms with van der Waals surface area (Å²) in [6, 6.07) is 13.5. The van der Waals surface area contributed by atoms with Crippen molar-refractivity contribution in [3.63, 3.8) is 0 Å². The molecule has 0 aliphatic carbocycles. The zero-order chi connectivity index (χ0) is 18.5. The number of hydrogen-bond acceptors (Lipinski definition) is 4. The van der Waals surface area contributed by atoms with Crippen molar-refractivity contribution >= 4 is 29.2 Å². The molecule has 7 heteroatoms. The number of carboxylic acids is 1. The first-order valence-electron chi connectivity index (χ1n) is 8.31. The van der Waals surface area contributed by atoms with E-state index in [4.69, 9.17) is 21.4 Å². The van der Waals surface area contributed by atoms with Gasteiger partial charge in [-0.3, -0.25) is 14.5 Å². The van der Waals surface area contributed by atoms with Gasteiger partial charge in [0.1, 0.15) is 17.5 Å². The molecule has 1 aliphatic heterocycles. The second kappa shape index (κ2) is 8.21. The Morgan fingerprint density at radius 2 is 1.96 bits per heavy atom. The molecule has 2 aromatic carbocycles. The second-order valence-corrected chi connectivity index (χ2v) is 6.54. The zero-order valence-corrected chi connectivity index (χ0v) is 14.8. The first kappa shape index (κ1) is 18.2. The summed E-state index contributed by atoms with van der Waals surface area (Å²) in [6.45, 7) is 0.689. The molecule has 0 aromatic heterocycles. The molecule has 0 spiro atoms. The normalized spacial score (nSPS) is 17.0. The largest absolute Gasteiger partial charge is 0.480 e. The maximum Gasteiger partial charge on any atom is 0.320 e.